The molecule has 0 N–H and O–H groups in total. The smallest absolute Gasteiger partial charge is 0.410 e. The van der Waals surface area contributed by atoms with Crippen LogP contribution in [0.25, 0.3) is 0 Å². The number of benzene rings is 1. The number of carbonyl (C=O) groups is 3. The summed E-state index contributed by atoms with van der Waals surface area (Å²) in [6.07, 6.45) is 4.97. The number of nitrogens with zero attached hydrogens (tertiary/aromatic N) is 2. The number of likely N-dealkylation sites (tertiary alicyclic amines) is 1. The van der Waals surface area contributed by atoms with Gasteiger partial charge < -0.3 is 24.0 Å². The van der Waals surface area contributed by atoms with Crippen LogP contribution in [0, 0.1) is 0 Å². The van der Waals surface area contributed by atoms with Gasteiger partial charge in [0.2, 0.25) is 0 Å². The predicted octanol–water partition coefficient (Wildman–Crippen LogP) is 5.54. The zero-order chi connectivity index (χ0) is 25.8. The van der Waals surface area contributed by atoms with Crippen molar-refractivity contribution < 1.29 is 28.6 Å². The summed E-state index contributed by atoms with van der Waals surface area (Å²) in [6.45, 7) is 8.27. The monoisotopic (exact) mass is 490 g/mol. The lowest BCUT2D eigenvalue weighted by molar-refractivity contribution is -0.140. The number of hydrogen-bond acceptors (Lipinski definition) is 6. The van der Waals surface area contributed by atoms with E-state index in [0.29, 0.717) is 0 Å². The molecule has 0 unspecified atom stereocenters. The maximum absolute atomic E-state index is 13.2. The van der Waals surface area contributed by atoms with Gasteiger partial charge >= 0.3 is 18.2 Å². The lowest BCUT2D eigenvalue weighted by Crippen LogP contribution is -2.49. The van der Waals surface area contributed by atoms with Crippen molar-refractivity contribution in [3.05, 3.63) is 35.9 Å². The van der Waals surface area contributed by atoms with Crippen LogP contribution in [0.1, 0.15) is 78.2 Å². The number of ether oxygens (including phenoxy) is 3. The highest BCUT2D eigenvalue weighted by molar-refractivity contribution is 5.72. The molecule has 1 aromatic rings. The summed E-state index contributed by atoms with van der Waals surface area (Å²) >= 11 is 0. The number of methoxy groups -OCH3 is 1. The third-order valence-corrected chi connectivity index (χ3v) is 6.07. The molecule has 1 heterocycles. The Hall–Kier alpha value is -2.77. The number of unbranched alkanes of at least 4 members (excludes halogenated alkanes) is 2. The zero-order valence-corrected chi connectivity index (χ0v) is 22.0. The van der Waals surface area contributed by atoms with E-state index in [9.17, 15) is 14.4 Å². The van der Waals surface area contributed by atoms with Gasteiger partial charge in [-0.3, -0.25) is 4.79 Å². The Bertz CT molecular complexity index is 808. The summed E-state index contributed by atoms with van der Waals surface area (Å²) < 4.78 is 16.0. The molecule has 0 aliphatic carbocycles. The highest BCUT2D eigenvalue weighted by Gasteiger charge is 2.40. The van der Waals surface area contributed by atoms with E-state index in [0.717, 1.165) is 44.1 Å². The molecule has 2 atom stereocenters. The van der Waals surface area contributed by atoms with Crippen LogP contribution >= 0.6 is 0 Å². The van der Waals surface area contributed by atoms with Crippen LogP contribution in [0.5, 0.6) is 0 Å². The van der Waals surface area contributed by atoms with Crippen molar-refractivity contribution in [1.82, 2.24) is 9.80 Å². The van der Waals surface area contributed by atoms with Crippen LogP contribution in [-0.2, 0) is 25.6 Å². The molecule has 196 valence electrons. The Balaban J connectivity index is 2.15. The van der Waals surface area contributed by atoms with Crippen LogP contribution in [0.2, 0.25) is 0 Å². The Morgan fingerprint density at radius 3 is 2.37 bits per heavy atom. The molecule has 1 aromatic carbocycles. The third-order valence-electron chi connectivity index (χ3n) is 6.07. The third kappa shape index (κ3) is 9.78. The molecule has 2 amide bonds. The Kier molecular flexibility index (Phi) is 11.3. The van der Waals surface area contributed by atoms with E-state index in [1.165, 1.54) is 12.0 Å². The standard InChI is InChI=1S/C27H42N2O6/c1-6-7-9-14-22-15-16-23(29(22)26(32)35-27(2,3)4)19-28(18-17-24(30)33-5)25(31)34-20-21-12-10-8-11-13-21/h8,10-13,22-23H,6-7,9,14-20H2,1-5H3/t22-,23-/m0/s1. The second-order valence-electron chi connectivity index (χ2n) is 10.1. The van der Waals surface area contributed by atoms with Gasteiger partial charge in [0.25, 0.3) is 0 Å². The molecule has 0 aromatic heterocycles. The lowest BCUT2D eigenvalue weighted by Gasteiger charge is -2.35. The largest absolute Gasteiger partial charge is 0.469 e. The van der Waals surface area contributed by atoms with Gasteiger partial charge in [-0.05, 0) is 45.6 Å². The normalized spacial score (nSPS) is 17.7. The highest BCUT2D eigenvalue weighted by Crippen LogP contribution is 2.30. The van der Waals surface area contributed by atoms with Gasteiger partial charge in [-0.15, -0.1) is 0 Å². The molecule has 35 heavy (non-hydrogen) atoms. The van der Waals surface area contributed by atoms with Gasteiger partial charge in [-0.2, -0.15) is 0 Å². The van der Waals surface area contributed by atoms with Crippen molar-refractivity contribution in [2.24, 2.45) is 0 Å². The minimum atomic E-state index is -0.614. The van der Waals surface area contributed by atoms with Crippen LogP contribution < -0.4 is 0 Å². The summed E-state index contributed by atoms with van der Waals surface area (Å²) in [5.74, 6) is -0.404. The summed E-state index contributed by atoms with van der Waals surface area (Å²) in [5, 5.41) is 0. The van der Waals surface area contributed by atoms with E-state index in [-0.39, 0.29) is 44.3 Å². The Morgan fingerprint density at radius 2 is 1.74 bits per heavy atom. The summed E-state index contributed by atoms with van der Waals surface area (Å²) in [5.41, 5.74) is 0.262. The Labute approximate surface area is 209 Å². The van der Waals surface area contributed by atoms with Crippen molar-refractivity contribution >= 4 is 18.2 Å². The molecule has 8 nitrogen and oxygen atoms in total. The molecule has 2 rings (SSSR count). The minimum Gasteiger partial charge on any atom is -0.469 e. The molecule has 0 radical (unpaired) electrons. The average molecular weight is 491 g/mol. The predicted molar refractivity (Wildman–Crippen MR) is 134 cm³/mol. The first kappa shape index (κ1) is 28.5. The lowest BCUT2D eigenvalue weighted by atomic mass is 10.1. The molecular formula is C27H42N2O6. The van der Waals surface area contributed by atoms with Crippen molar-refractivity contribution in [3.63, 3.8) is 0 Å². The van der Waals surface area contributed by atoms with Gasteiger partial charge in [-0.25, -0.2) is 9.59 Å². The molecule has 8 heteroatoms. The Morgan fingerprint density at radius 1 is 1.06 bits per heavy atom. The second kappa shape index (κ2) is 14.0. The second-order valence-corrected chi connectivity index (χ2v) is 10.1. The fraction of sp³-hybridized carbons (Fsp3) is 0.667. The first-order valence-electron chi connectivity index (χ1n) is 12.7. The number of hydrogen-bond donors (Lipinski definition) is 0. The van der Waals surface area contributed by atoms with Crippen LogP contribution in [0.4, 0.5) is 9.59 Å². The number of rotatable bonds is 11. The van der Waals surface area contributed by atoms with Gasteiger partial charge in [0.1, 0.15) is 12.2 Å². The van der Waals surface area contributed by atoms with Crippen LogP contribution in [-0.4, -0.2) is 65.8 Å². The van der Waals surface area contributed by atoms with E-state index < -0.39 is 17.7 Å². The SMILES string of the molecule is CCCCC[C@H]1CC[C@@H](CN(CCC(=O)OC)C(=O)OCc2ccccc2)N1C(=O)OC(C)(C)C. The fourth-order valence-electron chi connectivity index (χ4n) is 4.32. The molecular weight excluding hydrogens is 448 g/mol. The summed E-state index contributed by atoms with van der Waals surface area (Å²) in [4.78, 5) is 41.3. The van der Waals surface area contributed by atoms with E-state index in [1.807, 2.05) is 56.0 Å². The molecule has 0 spiro atoms. The highest BCUT2D eigenvalue weighted by atomic mass is 16.6. The van der Waals surface area contributed by atoms with E-state index >= 15 is 0 Å². The number of esters is 1. The van der Waals surface area contributed by atoms with E-state index in [2.05, 4.69) is 6.92 Å². The first-order chi connectivity index (χ1) is 16.6. The van der Waals surface area contributed by atoms with E-state index in [4.69, 9.17) is 14.2 Å². The van der Waals surface area contributed by atoms with Crippen molar-refractivity contribution in [1.29, 1.82) is 0 Å². The van der Waals surface area contributed by atoms with Gasteiger partial charge in [0.05, 0.1) is 19.6 Å². The summed E-state index contributed by atoms with van der Waals surface area (Å²) in [7, 11) is 1.32. The van der Waals surface area contributed by atoms with Crippen molar-refractivity contribution in [2.45, 2.75) is 96.9 Å². The summed E-state index contributed by atoms with van der Waals surface area (Å²) in [6, 6.07) is 9.29. The maximum atomic E-state index is 13.2. The minimum absolute atomic E-state index is 0.0516. The van der Waals surface area contributed by atoms with Gasteiger partial charge in [-0.1, -0.05) is 56.5 Å². The van der Waals surface area contributed by atoms with Crippen molar-refractivity contribution in [2.75, 3.05) is 20.2 Å². The average Bonchev–Trinajstić information content (AvgIpc) is 3.22. The van der Waals surface area contributed by atoms with Gasteiger partial charge in [0.15, 0.2) is 0 Å². The van der Waals surface area contributed by atoms with Crippen LogP contribution in [0.15, 0.2) is 30.3 Å². The number of amides is 2. The molecule has 0 saturated carbocycles. The zero-order valence-electron chi connectivity index (χ0n) is 22.0. The fourth-order valence-corrected chi connectivity index (χ4v) is 4.32. The van der Waals surface area contributed by atoms with E-state index in [1.54, 1.807) is 0 Å². The molecule has 0 bridgehead atoms. The van der Waals surface area contributed by atoms with Crippen LogP contribution in [0.3, 0.4) is 0 Å². The topological polar surface area (TPSA) is 85.4 Å². The molecule has 1 aliphatic rings. The first-order valence-corrected chi connectivity index (χ1v) is 12.7. The quantitative estimate of drug-likeness (QED) is 0.230. The molecule has 1 aliphatic heterocycles. The molecule has 1 saturated heterocycles. The van der Waals surface area contributed by atoms with Gasteiger partial charge in [0, 0.05) is 19.1 Å². The van der Waals surface area contributed by atoms with Crippen molar-refractivity contribution in [3.8, 4) is 0 Å². The molecule has 1 fully saturated rings. The number of carbonyl (C=O) groups excluding carboxylic acids is 3. The maximum Gasteiger partial charge on any atom is 0.410 e.